The van der Waals surface area contributed by atoms with Crippen LogP contribution < -0.4 is 5.32 Å². The van der Waals surface area contributed by atoms with Crippen LogP contribution >= 0.6 is 31.9 Å². The van der Waals surface area contributed by atoms with Gasteiger partial charge in [0, 0.05) is 14.5 Å². The number of benzene rings is 1. The standard InChI is InChI=1S/C15H17Br2NO5/c1-8(4-12(19)22-2)13(15(21)23-3)18-14(20)9-5-10(16)7-11(17)6-9/h5-8,13H,4H2,1-3H3,(H,18,20)/t8-,13+/m1/s1. The van der Waals surface area contributed by atoms with Crippen LogP contribution in [0.5, 0.6) is 0 Å². The van der Waals surface area contributed by atoms with E-state index in [0.717, 1.165) is 0 Å². The number of methoxy groups -OCH3 is 2. The molecule has 6 nitrogen and oxygen atoms in total. The van der Waals surface area contributed by atoms with E-state index in [1.807, 2.05) is 0 Å². The molecule has 0 bridgehead atoms. The molecule has 1 amide bonds. The maximum atomic E-state index is 12.4. The predicted molar refractivity (Wildman–Crippen MR) is 90.9 cm³/mol. The predicted octanol–water partition coefficient (Wildman–Crippen LogP) is 2.68. The first-order valence-corrected chi connectivity index (χ1v) is 8.28. The highest BCUT2D eigenvalue weighted by Crippen LogP contribution is 2.20. The Bertz CT molecular complexity index is 585. The lowest BCUT2D eigenvalue weighted by atomic mass is 9.98. The topological polar surface area (TPSA) is 81.7 Å². The van der Waals surface area contributed by atoms with Crippen LogP contribution in [-0.4, -0.2) is 38.1 Å². The number of rotatable bonds is 6. The van der Waals surface area contributed by atoms with Crippen LogP contribution in [0.2, 0.25) is 0 Å². The number of ether oxygens (including phenoxy) is 2. The Morgan fingerprint density at radius 1 is 1.09 bits per heavy atom. The van der Waals surface area contributed by atoms with E-state index in [-0.39, 0.29) is 6.42 Å². The van der Waals surface area contributed by atoms with Gasteiger partial charge in [-0.25, -0.2) is 4.79 Å². The van der Waals surface area contributed by atoms with Crippen LogP contribution in [0, 0.1) is 5.92 Å². The smallest absolute Gasteiger partial charge is 0.328 e. The second kappa shape index (κ2) is 9.02. The summed E-state index contributed by atoms with van der Waals surface area (Å²) in [5.74, 6) is -2.01. The van der Waals surface area contributed by atoms with Crippen LogP contribution in [0.15, 0.2) is 27.1 Å². The highest BCUT2D eigenvalue weighted by Gasteiger charge is 2.30. The van der Waals surface area contributed by atoms with Crippen LogP contribution in [0.3, 0.4) is 0 Å². The van der Waals surface area contributed by atoms with Gasteiger partial charge in [0.2, 0.25) is 0 Å². The average Bonchev–Trinajstić information content (AvgIpc) is 2.50. The van der Waals surface area contributed by atoms with Crippen molar-refractivity contribution >= 4 is 49.7 Å². The Morgan fingerprint density at radius 3 is 2.13 bits per heavy atom. The molecule has 23 heavy (non-hydrogen) atoms. The van der Waals surface area contributed by atoms with Gasteiger partial charge in [-0.15, -0.1) is 0 Å². The second-order valence-electron chi connectivity index (χ2n) is 4.89. The monoisotopic (exact) mass is 449 g/mol. The van der Waals surface area contributed by atoms with Gasteiger partial charge in [0.15, 0.2) is 0 Å². The molecule has 126 valence electrons. The van der Waals surface area contributed by atoms with Crippen molar-refractivity contribution in [2.45, 2.75) is 19.4 Å². The molecule has 0 heterocycles. The zero-order valence-electron chi connectivity index (χ0n) is 12.9. The van der Waals surface area contributed by atoms with E-state index in [4.69, 9.17) is 4.74 Å². The summed E-state index contributed by atoms with van der Waals surface area (Å²) in [6.45, 7) is 1.66. The van der Waals surface area contributed by atoms with Crippen LogP contribution in [0.25, 0.3) is 0 Å². The lowest BCUT2D eigenvalue weighted by Gasteiger charge is -2.22. The molecule has 0 spiro atoms. The van der Waals surface area contributed by atoms with Crippen molar-refractivity contribution in [2.75, 3.05) is 14.2 Å². The van der Waals surface area contributed by atoms with E-state index in [9.17, 15) is 14.4 Å². The Labute approximate surface area is 151 Å². The van der Waals surface area contributed by atoms with Crippen LogP contribution in [-0.2, 0) is 19.1 Å². The van der Waals surface area contributed by atoms with E-state index in [2.05, 4.69) is 41.9 Å². The fourth-order valence-corrected chi connectivity index (χ4v) is 3.23. The average molecular weight is 451 g/mol. The first-order valence-electron chi connectivity index (χ1n) is 6.70. The summed E-state index contributed by atoms with van der Waals surface area (Å²) in [6.07, 6.45) is -0.0152. The molecule has 0 unspecified atom stereocenters. The lowest BCUT2D eigenvalue weighted by Crippen LogP contribution is -2.46. The highest BCUT2D eigenvalue weighted by molar-refractivity contribution is 9.11. The van der Waals surface area contributed by atoms with Gasteiger partial charge in [-0.05, 0) is 24.1 Å². The van der Waals surface area contributed by atoms with Gasteiger partial charge in [0.25, 0.3) is 5.91 Å². The number of nitrogens with one attached hydrogen (secondary N) is 1. The maximum absolute atomic E-state index is 12.4. The van der Waals surface area contributed by atoms with Gasteiger partial charge in [-0.3, -0.25) is 9.59 Å². The molecule has 0 saturated heterocycles. The maximum Gasteiger partial charge on any atom is 0.328 e. The molecule has 1 aromatic rings. The van der Waals surface area contributed by atoms with Crippen LogP contribution in [0.4, 0.5) is 0 Å². The molecule has 0 aromatic heterocycles. The van der Waals surface area contributed by atoms with Gasteiger partial charge in [0.05, 0.1) is 20.6 Å². The zero-order chi connectivity index (χ0) is 17.6. The summed E-state index contributed by atoms with van der Waals surface area (Å²) in [5, 5.41) is 2.60. The summed E-state index contributed by atoms with van der Waals surface area (Å²) in [6, 6.07) is 4.08. The molecule has 8 heteroatoms. The Hall–Kier alpha value is -1.41. The lowest BCUT2D eigenvalue weighted by molar-refractivity contribution is -0.146. The molecule has 2 atom stereocenters. The summed E-state index contributed by atoms with van der Waals surface area (Å²) >= 11 is 6.60. The third-order valence-corrected chi connectivity index (χ3v) is 4.07. The minimum Gasteiger partial charge on any atom is -0.469 e. The van der Waals surface area contributed by atoms with Crippen molar-refractivity contribution in [3.05, 3.63) is 32.7 Å². The molecule has 0 radical (unpaired) electrons. The normalized spacial score (nSPS) is 12.9. The fraction of sp³-hybridized carbons (Fsp3) is 0.400. The highest BCUT2D eigenvalue weighted by atomic mass is 79.9. The molecular weight excluding hydrogens is 434 g/mol. The summed E-state index contributed by atoms with van der Waals surface area (Å²) in [5.41, 5.74) is 0.366. The summed E-state index contributed by atoms with van der Waals surface area (Å²) in [4.78, 5) is 35.7. The number of carbonyl (C=O) groups excluding carboxylic acids is 3. The van der Waals surface area contributed by atoms with Gasteiger partial charge >= 0.3 is 11.9 Å². The molecule has 0 fully saturated rings. The van der Waals surface area contributed by atoms with Crippen molar-refractivity contribution in [3.63, 3.8) is 0 Å². The number of hydrogen-bond donors (Lipinski definition) is 1. The first kappa shape index (κ1) is 19.6. The van der Waals surface area contributed by atoms with E-state index >= 15 is 0 Å². The second-order valence-corrected chi connectivity index (χ2v) is 6.72. The molecule has 0 aliphatic heterocycles. The van der Waals surface area contributed by atoms with Crippen LogP contribution in [0.1, 0.15) is 23.7 Å². The molecule has 0 saturated carbocycles. The minimum atomic E-state index is -0.954. The molecule has 1 N–H and O–H groups in total. The van der Waals surface area contributed by atoms with Crippen molar-refractivity contribution in [2.24, 2.45) is 5.92 Å². The molecule has 0 aliphatic rings. The van der Waals surface area contributed by atoms with Gasteiger partial charge in [0.1, 0.15) is 6.04 Å². The van der Waals surface area contributed by atoms with Gasteiger partial charge in [-0.2, -0.15) is 0 Å². The third kappa shape index (κ3) is 5.95. The summed E-state index contributed by atoms with van der Waals surface area (Å²) < 4.78 is 10.7. The van der Waals surface area contributed by atoms with Gasteiger partial charge in [-0.1, -0.05) is 38.8 Å². The third-order valence-electron chi connectivity index (χ3n) is 3.15. The largest absolute Gasteiger partial charge is 0.469 e. The number of esters is 2. The van der Waals surface area contributed by atoms with E-state index in [1.54, 1.807) is 25.1 Å². The van der Waals surface area contributed by atoms with Crippen molar-refractivity contribution < 1.29 is 23.9 Å². The van der Waals surface area contributed by atoms with Crippen molar-refractivity contribution in [1.29, 1.82) is 0 Å². The number of halogens is 2. The Balaban J connectivity index is 2.94. The molecule has 0 aliphatic carbocycles. The van der Waals surface area contributed by atoms with E-state index in [1.165, 1.54) is 14.2 Å². The zero-order valence-corrected chi connectivity index (χ0v) is 16.1. The van der Waals surface area contributed by atoms with Crippen molar-refractivity contribution in [1.82, 2.24) is 5.32 Å². The van der Waals surface area contributed by atoms with Crippen molar-refractivity contribution in [3.8, 4) is 0 Å². The quantitative estimate of drug-likeness (QED) is 0.673. The molecular formula is C15H17Br2NO5. The number of amides is 1. The van der Waals surface area contributed by atoms with Gasteiger partial charge < -0.3 is 14.8 Å². The first-order chi connectivity index (χ1) is 10.8. The number of hydrogen-bond acceptors (Lipinski definition) is 5. The minimum absolute atomic E-state index is 0.0152. The Morgan fingerprint density at radius 2 is 1.65 bits per heavy atom. The summed E-state index contributed by atoms with van der Waals surface area (Å²) in [7, 11) is 2.49. The number of carbonyl (C=O) groups is 3. The SMILES string of the molecule is COC(=O)C[C@@H](C)[C@H](NC(=O)c1cc(Br)cc(Br)c1)C(=O)OC. The fourth-order valence-electron chi connectivity index (χ4n) is 1.93. The van der Waals surface area contributed by atoms with E-state index in [0.29, 0.717) is 14.5 Å². The molecule has 1 aromatic carbocycles. The Kier molecular flexibility index (Phi) is 7.70. The van der Waals surface area contributed by atoms with E-state index < -0.39 is 29.8 Å². The molecule has 1 rings (SSSR count).